The Morgan fingerprint density at radius 2 is 2.27 bits per heavy atom. The summed E-state index contributed by atoms with van der Waals surface area (Å²) in [5.41, 5.74) is 1.87. The lowest BCUT2D eigenvalue weighted by molar-refractivity contribution is 0.201. The number of hydrogen-bond acceptors (Lipinski definition) is 3. The van der Waals surface area contributed by atoms with E-state index in [0.29, 0.717) is 6.61 Å². The fourth-order valence-corrected chi connectivity index (χ4v) is 1.52. The molecule has 0 amide bonds. The summed E-state index contributed by atoms with van der Waals surface area (Å²) in [6, 6.07) is 3.84. The van der Waals surface area contributed by atoms with Crippen LogP contribution >= 0.6 is 0 Å². The third kappa shape index (κ3) is 1.94. The summed E-state index contributed by atoms with van der Waals surface area (Å²) in [7, 11) is 3.34. The van der Waals surface area contributed by atoms with Crippen LogP contribution in [-0.2, 0) is 11.2 Å². The van der Waals surface area contributed by atoms with Gasteiger partial charge in [-0.3, -0.25) is 0 Å². The van der Waals surface area contributed by atoms with Gasteiger partial charge in [-0.2, -0.15) is 0 Å². The number of nitrogens with zero attached hydrogens (tertiary/aromatic N) is 2. The average Bonchev–Trinajstić information content (AvgIpc) is 2.68. The molecule has 80 valence electrons. The van der Waals surface area contributed by atoms with Crippen LogP contribution in [0.5, 0.6) is 5.75 Å². The Kier molecular flexibility index (Phi) is 2.87. The number of fused-ring (bicyclic) bond motifs is 1. The van der Waals surface area contributed by atoms with Gasteiger partial charge < -0.3 is 13.9 Å². The Hall–Kier alpha value is -1.55. The summed E-state index contributed by atoms with van der Waals surface area (Å²) >= 11 is 0. The van der Waals surface area contributed by atoms with Gasteiger partial charge in [0.2, 0.25) is 0 Å². The molecule has 0 atom stereocenters. The zero-order valence-corrected chi connectivity index (χ0v) is 8.93. The van der Waals surface area contributed by atoms with E-state index in [0.717, 1.165) is 23.5 Å². The van der Waals surface area contributed by atoms with Gasteiger partial charge in [0.15, 0.2) is 11.4 Å². The molecule has 0 unspecified atom stereocenters. The molecule has 0 aromatic carbocycles. The topological polar surface area (TPSA) is 35.8 Å². The zero-order valence-electron chi connectivity index (χ0n) is 8.93. The average molecular weight is 206 g/mol. The van der Waals surface area contributed by atoms with Crippen LogP contribution in [0.4, 0.5) is 0 Å². The smallest absolute Gasteiger partial charge is 0.179 e. The molecule has 0 aliphatic carbocycles. The third-order valence-electron chi connectivity index (χ3n) is 2.28. The third-order valence-corrected chi connectivity index (χ3v) is 2.28. The molecule has 0 fully saturated rings. The maximum absolute atomic E-state index is 5.23. The summed E-state index contributed by atoms with van der Waals surface area (Å²) in [5.74, 6) is 0.793. The Morgan fingerprint density at radius 3 is 3.00 bits per heavy atom. The van der Waals surface area contributed by atoms with Crippen LogP contribution < -0.4 is 4.74 Å². The zero-order chi connectivity index (χ0) is 10.7. The summed E-state index contributed by atoms with van der Waals surface area (Å²) < 4.78 is 12.2. The Labute approximate surface area is 88.5 Å². The SMILES string of the molecule is COCCc1cn2cccc(OC)c2n1. The highest BCUT2D eigenvalue weighted by Gasteiger charge is 2.05. The van der Waals surface area contributed by atoms with E-state index in [1.165, 1.54) is 0 Å². The molecule has 2 heterocycles. The molecule has 0 radical (unpaired) electrons. The van der Waals surface area contributed by atoms with Crippen LogP contribution in [0.25, 0.3) is 5.65 Å². The van der Waals surface area contributed by atoms with Gasteiger partial charge in [0, 0.05) is 25.9 Å². The van der Waals surface area contributed by atoms with Gasteiger partial charge in [-0.25, -0.2) is 4.98 Å². The highest BCUT2D eigenvalue weighted by atomic mass is 16.5. The standard InChI is InChI=1S/C11H14N2O2/c1-14-7-5-9-8-13-6-3-4-10(15-2)11(13)12-9/h3-4,6,8H,5,7H2,1-2H3. The molecule has 2 aromatic rings. The summed E-state index contributed by atoms with van der Waals surface area (Å²) in [6.07, 6.45) is 4.78. The Morgan fingerprint density at radius 1 is 1.40 bits per heavy atom. The van der Waals surface area contributed by atoms with E-state index in [1.807, 2.05) is 28.9 Å². The lowest BCUT2D eigenvalue weighted by Gasteiger charge is -1.99. The van der Waals surface area contributed by atoms with Gasteiger partial charge in [0.1, 0.15) is 0 Å². The molecule has 0 aliphatic rings. The Balaban J connectivity index is 2.37. The molecule has 0 saturated heterocycles. The number of hydrogen-bond donors (Lipinski definition) is 0. The van der Waals surface area contributed by atoms with E-state index < -0.39 is 0 Å². The molecule has 2 rings (SSSR count). The molecule has 4 nitrogen and oxygen atoms in total. The van der Waals surface area contributed by atoms with E-state index in [1.54, 1.807) is 14.2 Å². The molecule has 0 spiro atoms. The Bertz CT molecular complexity index is 451. The van der Waals surface area contributed by atoms with Gasteiger partial charge >= 0.3 is 0 Å². The monoisotopic (exact) mass is 206 g/mol. The number of imidazole rings is 1. The molecule has 4 heteroatoms. The van der Waals surface area contributed by atoms with Crippen molar-refractivity contribution in [1.29, 1.82) is 0 Å². The first-order valence-electron chi connectivity index (χ1n) is 4.84. The number of aromatic nitrogens is 2. The second-order valence-corrected chi connectivity index (χ2v) is 3.28. The molecule has 15 heavy (non-hydrogen) atoms. The van der Waals surface area contributed by atoms with Gasteiger partial charge in [-0.15, -0.1) is 0 Å². The number of pyridine rings is 1. The fourth-order valence-electron chi connectivity index (χ4n) is 1.52. The van der Waals surface area contributed by atoms with Crippen molar-refractivity contribution < 1.29 is 9.47 Å². The lowest BCUT2D eigenvalue weighted by atomic mass is 10.3. The first kappa shape index (κ1) is 9.98. The van der Waals surface area contributed by atoms with Crippen molar-refractivity contribution in [3.8, 4) is 5.75 Å². The van der Waals surface area contributed by atoms with E-state index in [2.05, 4.69) is 4.98 Å². The highest BCUT2D eigenvalue weighted by molar-refractivity contribution is 5.54. The first-order valence-corrected chi connectivity index (χ1v) is 4.84. The van der Waals surface area contributed by atoms with Crippen LogP contribution in [0.1, 0.15) is 5.69 Å². The molecule has 0 N–H and O–H groups in total. The van der Waals surface area contributed by atoms with Gasteiger partial charge in [0.05, 0.1) is 19.4 Å². The fraction of sp³-hybridized carbons (Fsp3) is 0.364. The van der Waals surface area contributed by atoms with E-state index >= 15 is 0 Å². The summed E-state index contributed by atoms with van der Waals surface area (Å²) in [6.45, 7) is 0.687. The van der Waals surface area contributed by atoms with Crippen LogP contribution in [0.2, 0.25) is 0 Å². The van der Waals surface area contributed by atoms with Crippen molar-refractivity contribution in [2.24, 2.45) is 0 Å². The minimum absolute atomic E-state index is 0.687. The molecule has 0 bridgehead atoms. The molecular weight excluding hydrogens is 192 g/mol. The summed E-state index contributed by atoms with van der Waals surface area (Å²) in [4.78, 5) is 4.48. The highest BCUT2D eigenvalue weighted by Crippen LogP contribution is 2.18. The van der Waals surface area contributed by atoms with Gasteiger partial charge in [-0.05, 0) is 12.1 Å². The van der Waals surface area contributed by atoms with Crippen LogP contribution in [0.3, 0.4) is 0 Å². The maximum atomic E-state index is 5.23. The largest absolute Gasteiger partial charge is 0.493 e. The van der Waals surface area contributed by atoms with E-state index in [4.69, 9.17) is 9.47 Å². The van der Waals surface area contributed by atoms with E-state index in [9.17, 15) is 0 Å². The first-order chi connectivity index (χ1) is 7.35. The predicted octanol–water partition coefficient (Wildman–Crippen LogP) is 1.53. The van der Waals surface area contributed by atoms with Crippen molar-refractivity contribution in [2.45, 2.75) is 6.42 Å². The van der Waals surface area contributed by atoms with Crippen molar-refractivity contribution in [3.05, 3.63) is 30.2 Å². The molecule has 2 aromatic heterocycles. The van der Waals surface area contributed by atoms with Crippen molar-refractivity contribution in [2.75, 3.05) is 20.8 Å². The van der Waals surface area contributed by atoms with Crippen LogP contribution in [0.15, 0.2) is 24.5 Å². The minimum Gasteiger partial charge on any atom is -0.493 e. The van der Waals surface area contributed by atoms with Gasteiger partial charge in [0.25, 0.3) is 0 Å². The maximum Gasteiger partial charge on any atom is 0.179 e. The number of rotatable bonds is 4. The quantitative estimate of drug-likeness (QED) is 0.761. The molecule has 0 aliphatic heterocycles. The van der Waals surface area contributed by atoms with Crippen molar-refractivity contribution in [1.82, 2.24) is 9.38 Å². The second-order valence-electron chi connectivity index (χ2n) is 3.28. The number of methoxy groups -OCH3 is 2. The van der Waals surface area contributed by atoms with Crippen LogP contribution in [-0.4, -0.2) is 30.2 Å². The van der Waals surface area contributed by atoms with Crippen molar-refractivity contribution >= 4 is 5.65 Å². The summed E-state index contributed by atoms with van der Waals surface area (Å²) in [5, 5.41) is 0. The second kappa shape index (κ2) is 4.31. The number of ether oxygens (including phenoxy) is 2. The van der Waals surface area contributed by atoms with Crippen LogP contribution in [0, 0.1) is 0 Å². The van der Waals surface area contributed by atoms with E-state index in [-0.39, 0.29) is 0 Å². The normalized spacial score (nSPS) is 10.8. The van der Waals surface area contributed by atoms with Gasteiger partial charge in [-0.1, -0.05) is 0 Å². The van der Waals surface area contributed by atoms with Crippen molar-refractivity contribution in [3.63, 3.8) is 0 Å². The molecule has 0 saturated carbocycles. The molecular formula is C11H14N2O2. The minimum atomic E-state index is 0.687. The lowest BCUT2D eigenvalue weighted by Crippen LogP contribution is -1.93. The predicted molar refractivity (Wildman–Crippen MR) is 57.3 cm³/mol.